The molecule has 1 aliphatic rings. The number of rotatable bonds is 4. The number of anilines is 1. The molecule has 7 nitrogen and oxygen atoms in total. The molecule has 1 aromatic carbocycles. The van der Waals surface area contributed by atoms with Gasteiger partial charge in [-0.15, -0.1) is 0 Å². The van der Waals surface area contributed by atoms with Gasteiger partial charge in [-0.1, -0.05) is 12.1 Å². The first-order chi connectivity index (χ1) is 11.8. The minimum Gasteiger partial charge on any atom is -0.423 e. The second kappa shape index (κ2) is 6.07. The van der Waals surface area contributed by atoms with Crippen molar-refractivity contribution in [3.8, 4) is 0 Å². The van der Waals surface area contributed by atoms with E-state index in [0.29, 0.717) is 13.2 Å². The lowest BCUT2D eigenvalue weighted by molar-refractivity contribution is 0.275. The SMILES string of the molecule is CCN(/N=C/c1ccc2c(c1)COB2O)c1ncnc2cc[nH]c12. The lowest BCUT2D eigenvalue weighted by Gasteiger charge is -2.16. The van der Waals surface area contributed by atoms with Crippen molar-refractivity contribution in [3.63, 3.8) is 0 Å². The van der Waals surface area contributed by atoms with Gasteiger partial charge in [0.05, 0.1) is 18.3 Å². The first kappa shape index (κ1) is 14.9. The van der Waals surface area contributed by atoms with E-state index in [4.69, 9.17) is 4.65 Å². The van der Waals surface area contributed by atoms with Gasteiger partial charge in [0.15, 0.2) is 5.82 Å². The van der Waals surface area contributed by atoms with E-state index in [2.05, 4.69) is 20.1 Å². The van der Waals surface area contributed by atoms with Crippen LogP contribution in [0.3, 0.4) is 0 Å². The summed E-state index contributed by atoms with van der Waals surface area (Å²) >= 11 is 0. The Bertz CT molecular complexity index is 910. The van der Waals surface area contributed by atoms with E-state index in [1.165, 1.54) is 6.33 Å². The zero-order chi connectivity index (χ0) is 16.5. The molecule has 0 spiro atoms. The molecule has 4 rings (SSSR count). The van der Waals surface area contributed by atoms with Gasteiger partial charge in [0, 0.05) is 12.7 Å². The van der Waals surface area contributed by atoms with Crippen LogP contribution in [0, 0.1) is 0 Å². The molecule has 0 atom stereocenters. The van der Waals surface area contributed by atoms with Crippen LogP contribution in [0.2, 0.25) is 0 Å². The summed E-state index contributed by atoms with van der Waals surface area (Å²) in [6, 6.07) is 7.67. The number of hydrogen-bond donors (Lipinski definition) is 2. The molecule has 0 bridgehead atoms. The largest absolute Gasteiger partial charge is 0.491 e. The Labute approximate surface area is 139 Å². The van der Waals surface area contributed by atoms with Gasteiger partial charge in [0.2, 0.25) is 0 Å². The Morgan fingerprint density at radius 1 is 1.42 bits per heavy atom. The van der Waals surface area contributed by atoms with Gasteiger partial charge in [-0.3, -0.25) is 0 Å². The highest BCUT2D eigenvalue weighted by Crippen LogP contribution is 2.21. The molecule has 8 heteroatoms. The number of fused-ring (bicyclic) bond motifs is 2. The fraction of sp³-hybridized carbons (Fsp3) is 0.188. The van der Waals surface area contributed by atoms with Crippen molar-refractivity contribution in [2.75, 3.05) is 11.6 Å². The molecule has 0 unspecified atom stereocenters. The quantitative estimate of drug-likeness (QED) is 0.426. The Morgan fingerprint density at radius 3 is 3.21 bits per heavy atom. The third-order valence-corrected chi connectivity index (χ3v) is 4.05. The third-order valence-electron chi connectivity index (χ3n) is 4.05. The molecule has 2 aromatic heterocycles. The van der Waals surface area contributed by atoms with Gasteiger partial charge in [-0.05, 0) is 35.6 Å². The number of hydrogen-bond acceptors (Lipinski definition) is 6. The van der Waals surface area contributed by atoms with Crippen LogP contribution in [-0.4, -0.2) is 39.9 Å². The van der Waals surface area contributed by atoms with E-state index >= 15 is 0 Å². The Kier molecular flexibility index (Phi) is 3.76. The summed E-state index contributed by atoms with van der Waals surface area (Å²) in [4.78, 5) is 11.7. The molecule has 0 saturated carbocycles. The summed E-state index contributed by atoms with van der Waals surface area (Å²) in [6.45, 7) is 3.11. The average molecular weight is 321 g/mol. The molecule has 0 radical (unpaired) electrons. The van der Waals surface area contributed by atoms with Crippen LogP contribution in [-0.2, 0) is 11.3 Å². The summed E-state index contributed by atoms with van der Waals surface area (Å²) in [6.07, 6.45) is 5.16. The van der Waals surface area contributed by atoms with Crippen molar-refractivity contribution in [1.29, 1.82) is 0 Å². The Hall–Kier alpha value is -2.71. The third kappa shape index (κ3) is 2.55. The van der Waals surface area contributed by atoms with Gasteiger partial charge >= 0.3 is 7.12 Å². The van der Waals surface area contributed by atoms with Crippen LogP contribution in [0.15, 0.2) is 41.9 Å². The minimum atomic E-state index is -0.819. The van der Waals surface area contributed by atoms with Crippen molar-refractivity contribution in [2.24, 2.45) is 5.10 Å². The second-order valence-corrected chi connectivity index (χ2v) is 5.52. The minimum absolute atomic E-state index is 0.421. The van der Waals surface area contributed by atoms with Gasteiger partial charge in [-0.25, -0.2) is 15.0 Å². The molecule has 24 heavy (non-hydrogen) atoms. The van der Waals surface area contributed by atoms with Crippen molar-refractivity contribution < 1.29 is 9.68 Å². The topological polar surface area (TPSA) is 86.6 Å². The van der Waals surface area contributed by atoms with E-state index in [-0.39, 0.29) is 0 Å². The summed E-state index contributed by atoms with van der Waals surface area (Å²) in [7, 11) is -0.819. The van der Waals surface area contributed by atoms with Gasteiger partial charge in [0.1, 0.15) is 11.8 Å². The van der Waals surface area contributed by atoms with Gasteiger partial charge in [-0.2, -0.15) is 5.10 Å². The van der Waals surface area contributed by atoms with Crippen LogP contribution in [0.1, 0.15) is 18.1 Å². The first-order valence-corrected chi connectivity index (χ1v) is 7.78. The van der Waals surface area contributed by atoms with Crippen LogP contribution < -0.4 is 10.5 Å². The standard InChI is InChI=1S/C16H16BN5O2/c1-2-22(16-15-14(5-6-18-15)19-10-20-16)21-8-11-3-4-13-12(7-11)9-24-17(13)23/h3-8,10,18,23H,2,9H2,1H3/b21-8+. The number of aromatic nitrogens is 3. The lowest BCUT2D eigenvalue weighted by Crippen LogP contribution is -2.27. The van der Waals surface area contributed by atoms with Crippen LogP contribution in [0.25, 0.3) is 11.0 Å². The molecule has 0 fully saturated rings. The van der Waals surface area contributed by atoms with Crippen molar-refractivity contribution >= 4 is 35.6 Å². The maximum atomic E-state index is 9.68. The average Bonchev–Trinajstić information content (AvgIpc) is 3.22. The predicted molar refractivity (Wildman–Crippen MR) is 93.3 cm³/mol. The van der Waals surface area contributed by atoms with E-state index in [1.54, 1.807) is 6.21 Å². The molecule has 3 heterocycles. The molecular weight excluding hydrogens is 305 g/mol. The maximum Gasteiger partial charge on any atom is 0.491 e. The number of H-pyrrole nitrogens is 1. The monoisotopic (exact) mass is 321 g/mol. The molecule has 1 aliphatic heterocycles. The van der Waals surface area contributed by atoms with E-state index in [0.717, 1.165) is 33.4 Å². The van der Waals surface area contributed by atoms with Crippen molar-refractivity contribution in [2.45, 2.75) is 13.5 Å². The number of benzene rings is 1. The summed E-state index contributed by atoms with van der Waals surface area (Å²) < 4.78 is 5.21. The van der Waals surface area contributed by atoms with Crippen LogP contribution in [0.4, 0.5) is 5.82 Å². The Balaban J connectivity index is 1.63. The van der Waals surface area contributed by atoms with E-state index in [9.17, 15) is 5.02 Å². The fourth-order valence-electron chi connectivity index (χ4n) is 2.81. The number of nitrogens with zero attached hydrogens (tertiary/aromatic N) is 4. The molecule has 120 valence electrons. The van der Waals surface area contributed by atoms with Gasteiger partial charge < -0.3 is 14.7 Å². The Morgan fingerprint density at radius 2 is 2.33 bits per heavy atom. The van der Waals surface area contributed by atoms with Crippen molar-refractivity contribution in [1.82, 2.24) is 15.0 Å². The predicted octanol–water partition coefficient (Wildman–Crippen LogP) is 1.04. The van der Waals surface area contributed by atoms with Crippen molar-refractivity contribution in [3.05, 3.63) is 47.9 Å². The normalized spacial score (nSPS) is 13.8. The second-order valence-electron chi connectivity index (χ2n) is 5.52. The van der Waals surface area contributed by atoms with E-state index in [1.807, 2.05) is 42.4 Å². The zero-order valence-electron chi connectivity index (χ0n) is 13.2. The highest BCUT2D eigenvalue weighted by Gasteiger charge is 2.26. The fourth-order valence-corrected chi connectivity index (χ4v) is 2.81. The summed E-state index contributed by atoms with van der Waals surface area (Å²) in [5, 5.41) is 16.0. The molecule has 0 saturated heterocycles. The molecule has 2 N–H and O–H groups in total. The highest BCUT2D eigenvalue weighted by molar-refractivity contribution is 6.61. The lowest BCUT2D eigenvalue weighted by atomic mass is 9.79. The number of aromatic amines is 1. The number of hydrazone groups is 1. The summed E-state index contributed by atoms with van der Waals surface area (Å²) in [5.74, 6) is 0.740. The zero-order valence-corrected chi connectivity index (χ0v) is 13.2. The molecular formula is C16H16BN5O2. The van der Waals surface area contributed by atoms with Gasteiger partial charge in [0.25, 0.3) is 0 Å². The smallest absolute Gasteiger partial charge is 0.423 e. The van der Waals surface area contributed by atoms with Crippen LogP contribution in [0.5, 0.6) is 0 Å². The first-order valence-electron chi connectivity index (χ1n) is 7.78. The maximum absolute atomic E-state index is 9.68. The molecule has 0 aliphatic carbocycles. The number of nitrogens with one attached hydrogen (secondary N) is 1. The highest BCUT2D eigenvalue weighted by atomic mass is 16.5. The molecule has 0 amide bonds. The van der Waals surface area contributed by atoms with Crippen LogP contribution >= 0.6 is 0 Å². The van der Waals surface area contributed by atoms with E-state index < -0.39 is 7.12 Å². The summed E-state index contributed by atoms with van der Waals surface area (Å²) in [5.41, 5.74) is 4.48. The molecule has 3 aromatic rings.